The maximum atomic E-state index is 8.93. The van der Waals surface area contributed by atoms with Crippen molar-refractivity contribution in [1.82, 2.24) is 20.1 Å². The van der Waals surface area contributed by atoms with Crippen molar-refractivity contribution in [1.29, 1.82) is 5.26 Å². The topological polar surface area (TPSA) is 90.6 Å². The minimum Gasteiger partial charge on any atom is -0.380 e. The first-order valence-electron chi connectivity index (χ1n) is 9.40. The average molecular weight is 373 g/mol. The number of aromatic nitrogens is 3. The molecule has 142 valence electrons. The van der Waals surface area contributed by atoms with E-state index in [2.05, 4.69) is 38.2 Å². The Morgan fingerprint density at radius 3 is 2.89 bits per heavy atom. The predicted molar refractivity (Wildman–Crippen MR) is 109 cm³/mol. The molecule has 1 aromatic carbocycles. The lowest BCUT2D eigenvalue weighted by Gasteiger charge is -2.33. The van der Waals surface area contributed by atoms with Crippen molar-refractivity contribution in [3.8, 4) is 6.07 Å². The highest BCUT2D eigenvalue weighted by Gasteiger charge is 2.28. The number of nitriles is 1. The number of nitrogens with zero attached hydrogens (tertiary/aromatic N) is 4. The number of hydrogen-bond donors (Lipinski definition) is 3. The summed E-state index contributed by atoms with van der Waals surface area (Å²) in [6, 6.07) is 16.1. The maximum Gasteiger partial charge on any atom is 0.149 e. The molecule has 4 rings (SSSR count). The number of anilines is 2. The fourth-order valence-corrected chi connectivity index (χ4v) is 3.48. The fourth-order valence-electron chi connectivity index (χ4n) is 3.48. The van der Waals surface area contributed by atoms with Crippen LogP contribution in [-0.2, 0) is 13.5 Å². The summed E-state index contributed by atoms with van der Waals surface area (Å²) >= 11 is 0. The SMILES string of the molecule is Cn1ccc([C@H](NCCc2ccc(C#N)cc2)[C@H]2CNc3cccnc3N2)n1. The lowest BCUT2D eigenvalue weighted by molar-refractivity contribution is 0.457. The molecule has 2 atom stereocenters. The van der Waals surface area contributed by atoms with E-state index in [0.29, 0.717) is 5.56 Å². The van der Waals surface area contributed by atoms with E-state index in [1.54, 1.807) is 6.20 Å². The number of hydrogen-bond acceptors (Lipinski definition) is 6. The van der Waals surface area contributed by atoms with Crippen LogP contribution in [0.4, 0.5) is 11.5 Å². The minimum atomic E-state index is 0.0437. The molecular weight excluding hydrogens is 350 g/mol. The van der Waals surface area contributed by atoms with Gasteiger partial charge in [0.1, 0.15) is 5.82 Å². The van der Waals surface area contributed by atoms with Gasteiger partial charge in [-0.05, 0) is 48.9 Å². The van der Waals surface area contributed by atoms with Crippen molar-refractivity contribution >= 4 is 11.5 Å². The van der Waals surface area contributed by atoms with Crippen LogP contribution in [0.2, 0.25) is 0 Å². The van der Waals surface area contributed by atoms with Crippen LogP contribution < -0.4 is 16.0 Å². The fraction of sp³-hybridized carbons (Fsp3) is 0.286. The normalized spacial score (nSPS) is 16.4. The summed E-state index contributed by atoms with van der Waals surface area (Å²) in [6.07, 6.45) is 4.64. The third kappa shape index (κ3) is 3.97. The lowest BCUT2D eigenvalue weighted by atomic mass is 10.0. The summed E-state index contributed by atoms with van der Waals surface area (Å²) in [4.78, 5) is 4.44. The van der Waals surface area contributed by atoms with Gasteiger partial charge in [0, 0.05) is 26.0 Å². The highest BCUT2D eigenvalue weighted by Crippen LogP contribution is 2.27. The number of fused-ring (bicyclic) bond motifs is 1. The molecule has 0 radical (unpaired) electrons. The molecule has 7 nitrogen and oxygen atoms in total. The van der Waals surface area contributed by atoms with Gasteiger partial charge in [0.2, 0.25) is 0 Å². The Morgan fingerprint density at radius 1 is 1.29 bits per heavy atom. The standard InChI is InChI=1S/C21H23N7/c1-28-12-9-17(27-28)20(19-14-25-18-3-2-10-24-21(18)26-19)23-11-8-15-4-6-16(13-22)7-5-15/h2-7,9-10,12,19-20,23,25H,8,11,14H2,1H3,(H,24,26)/t19-,20+/m1/s1. The molecule has 0 saturated heterocycles. The molecular formula is C21H23N7. The summed E-state index contributed by atoms with van der Waals surface area (Å²) in [5.74, 6) is 0.869. The largest absolute Gasteiger partial charge is 0.380 e. The minimum absolute atomic E-state index is 0.0437. The van der Waals surface area contributed by atoms with Gasteiger partial charge in [-0.2, -0.15) is 10.4 Å². The number of nitrogens with one attached hydrogen (secondary N) is 3. The molecule has 0 aliphatic carbocycles. The van der Waals surface area contributed by atoms with E-state index in [-0.39, 0.29) is 12.1 Å². The van der Waals surface area contributed by atoms with E-state index in [4.69, 9.17) is 5.26 Å². The first-order valence-corrected chi connectivity index (χ1v) is 9.40. The first-order chi connectivity index (χ1) is 13.7. The molecule has 0 bridgehead atoms. The third-order valence-electron chi connectivity index (χ3n) is 4.96. The molecule has 0 unspecified atom stereocenters. The van der Waals surface area contributed by atoms with E-state index in [9.17, 15) is 0 Å². The molecule has 1 aliphatic rings. The van der Waals surface area contributed by atoms with Crippen LogP contribution in [0, 0.1) is 11.3 Å². The van der Waals surface area contributed by atoms with Crippen LogP contribution in [0.1, 0.15) is 22.9 Å². The van der Waals surface area contributed by atoms with E-state index in [1.807, 2.05) is 54.3 Å². The van der Waals surface area contributed by atoms with Crippen LogP contribution in [0.3, 0.4) is 0 Å². The first kappa shape index (κ1) is 18.0. The van der Waals surface area contributed by atoms with Gasteiger partial charge in [-0.1, -0.05) is 12.1 Å². The smallest absolute Gasteiger partial charge is 0.149 e. The molecule has 2 aromatic heterocycles. The summed E-state index contributed by atoms with van der Waals surface area (Å²) in [5.41, 5.74) is 3.91. The van der Waals surface area contributed by atoms with Crippen LogP contribution >= 0.6 is 0 Å². The second-order valence-corrected chi connectivity index (χ2v) is 6.94. The molecule has 28 heavy (non-hydrogen) atoms. The molecule has 3 aromatic rings. The van der Waals surface area contributed by atoms with E-state index >= 15 is 0 Å². The van der Waals surface area contributed by atoms with Crippen molar-refractivity contribution in [2.24, 2.45) is 7.05 Å². The van der Waals surface area contributed by atoms with Gasteiger partial charge < -0.3 is 16.0 Å². The van der Waals surface area contributed by atoms with E-state index < -0.39 is 0 Å². The zero-order valence-electron chi connectivity index (χ0n) is 15.8. The Balaban J connectivity index is 1.46. The van der Waals surface area contributed by atoms with Gasteiger partial charge in [-0.25, -0.2) is 4.98 Å². The van der Waals surface area contributed by atoms with Gasteiger partial charge in [-0.15, -0.1) is 0 Å². The van der Waals surface area contributed by atoms with Crippen LogP contribution in [0.5, 0.6) is 0 Å². The molecule has 1 aliphatic heterocycles. The Morgan fingerprint density at radius 2 is 2.14 bits per heavy atom. The van der Waals surface area contributed by atoms with E-state index in [1.165, 1.54) is 5.56 Å². The van der Waals surface area contributed by atoms with Gasteiger partial charge >= 0.3 is 0 Å². The number of aryl methyl sites for hydroxylation is 1. The quantitative estimate of drug-likeness (QED) is 0.615. The average Bonchev–Trinajstić information content (AvgIpc) is 3.17. The zero-order valence-corrected chi connectivity index (χ0v) is 15.8. The molecule has 7 heteroatoms. The van der Waals surface area contributed by atoms with Crippen molar-refractivity contribution in [3.05, 3.63) is 71.7 Å². The Labute approximate surface area is 164 Å². The Hall–Kier alpha value is -3.37. The molecule has 3 N–H and O–H groups in total. The van der Waals surface area contributed by atoms with Crippen molar-refractivity contribution in [3.63, 3.8) is 0 Å². The molecule has 3 heterocycles. The molecule has 0 amide bonds. The van der Waals surface area contributed by atoms with Crippen molar-refractivity contribution in [2.45, 2.75) is 18.5 Å². The molecule has 0 fully saturated rings. The van der Waals surface area contributed by atoms with Crippen LogP contribution in [0.25, 0.3) is 0 Å². The zero-order chi connectivity index (χ0) is 19.3. The van der Waals surface area contributed by atoms with E-state index in [0.717, 1.165) is 36.7 Å². The Kier molecular flexibility index (Phi) is 5.22. The van der Waals surface area contributed by atoms with Gasteiger partial charge in [0.15, 0.2) is 0 Å². The third-order valence-corrected chi connectivity index (χ3v) is 4.96. The monoisotopic (exact) mass is 373 g/mol. The highest BCUT2D eigenvalue weighted by atomic mass is 15.3. The van der Waals surface area contributed by atoms with Gasteiger partial charge in [0.25, 0.3) is 0 Å². The maximum absolute atomic E-state index is 8.93. The predicted octanol–water partition coefficient (Wildman–Crippen LogP) is 2.47. The summed E-state index contributed by atoms with van der Waals surface area (Å²) < 4.78 is 1.83. The molecule has 0 saturated carbocycles. The summed E-state index contributed by atoms with van der Waals surface area (Å²) in [6.45, 7) is 1.59. The molecule has 0 spiro atoms. The summed E-state index contributed by atoms with van der Waals surface area (Å²) in [7, 11) is 1.93. The number of pyridine rings is 1. The second-order valence-electron chi connectivity index (χ2n) is 6.94. The van der Waals surface area contributed by atoms with Gasteiger partial charge in [0.05, 0.1) is 35.1 Å². The van der Waals surface area contributed by atoms with Crippen molar-refractivity contribution in [2.75, 3.05) is 23.7 Å². The number of rotatable bonds is 6. The van der Waals surface area contributed by atoms with Crippen LogP contribution in [0.15, 0.2) is 54.9 Å². The summed E-state index contributed by atoms with van der Waals surface area (Å²) in [5, 5.41) is 24.2. The Bertz CT molecular complexity index is 971. The second kappa shape index (κ2) is 8.11. The highest BCUT2D eigenvalue weighted by molar-refractivity contribution is 5.66. The van der Waals surface area contributed by atoms with Gasteiger partial charge in [-0.3, -0.25) is 4.68 Å². The van der Waals surface area contributed by atoms with Crippen molar-refractivity contribution < 1.29 is 0 Å². The lowest BCUT2D eigenvalue weighted by Crippen LogP contribution is -2.45. The van der Waals surface area contributed by atoms with Crippen LogP contribution in [-0.4, -0.2) is 33.9 Å². The number of benzene rings is 1.